The summed E-state index contributed by atoms with van der Waals surface area (Å²) in [4.78, 5) is 27.5. The normalized spacial score (nSPS) is 17.2. The van der Waals surface area contributed by atoms with Crippen LogP contribution in [0.3, 0.4) is 0 Å². The van der Waals surface area contributed by atoms with Crippen molar-refractivity contribution in [3.63, 3.8) is 0 Å². The van der Waals surface area contributed by atoms with Crippen LogP contribution >= 0.6 is 0 Å². The second kappa shape index (κ2) is 7.25. The van der Waals surface area contributed by atoms with Crippen LogP contribution in [-0.2, 0) is 18.3 Å². The van der Waals surface area contributed by atoms with Crippen LogP contribution in [0.2, 0.25) is 0 Å². The lowest BCUT2D eigenvalue weighted by Crippen LogP contribution is -2.30. The van der Waals surface area contributed by atoms with Crippen LogP contribution in [0, 0.1) is 19.8 Å². The topological polar surface area (TPSA) is 79.8 Å². The van der Waals surface area contributed by atoms with E-state index in [0.29, 0.717) is 24.3 Å². The molecule has 0 aliphatic heterocycles. The van der Waals surface area contributed by atoms with Crippen LogP contribution in [0.4, 0.5) is 0 Å². The first-order valence-electron chi connectivity index (χ1n) is 8.94. The fraction of sp³-hybridized carbons (Fsp3) is 0.526. The van der Waals surface area contributed by atoms with Gasteiger partial charge in [-0.15, -0.1) is 0 Å². The number of aromatic nitrogens is 3. The molecule has 1 unspecified atom stereocenters. The molecule has 0 spiro atoms. The molecule has 0 aromatic carbocycles. The molecule has 1 aliphatic carbocycles. The van der Waals surface area contributed by atoms with E-state index in [0.717, 1.165) is 48.1 Å². The molecule has 1 amide bonds. The number of nitrogens with zero attached hydrogens (tertiary/aromatic N) is 2. The third kappa shape index (κ3) is 3.67. The zero-order chi connectivity index (χ0) is 18.0. The number of aryl methyl sites for hydroxylation is 3. The number of amides is 1. The molecule has 2 aromatic rings. The third-order valence-electron chi connectivity index (χ3n) is 5.12. The smallest absolute Gasteiger partial charge is 0.253 e. The minimum absolute atomic E-state index is 0.0105. The van der Waals surface area contributed by atoms with Gasteiger partial charge in [-0.1, -0.05) is 12.2 Å². The summed E-state index contributed by atoms with van der Waals surface area (Å²) >= 11 is 0. The summed E-state index contributed by atoms with van der Waals surface area (Å²) in [5.41, 5.74) is 3.10. The lowest BCUT2D eigenvalue weighted by molar-refractivity contribution is -0.121. The predicted molar refractivity (Wildman–Crippen MR) is 98.6 cm³/mol. The van der Waals surface area contributed by atoms with Crippen molar-refractivity contribution in [2.45, 2.75) is 46.0 Å². The van der Waals surface area contributed by atoms with Crippen LogP contribution in [-0.4, -0.2) is 27.2 Å². The van der Waals surface area contributed by atoms with Crippen molar-refractivity contribution in [1.82, 2.24) is 20.1 Å². The van der Waals surface area contributed by atoms with Crippen molar-refractivity contribution in [3.05, 3.63) is 39.3 Å². The molecule has 6 nitrogen and oxygen atoms in total. The van der Waals surface area contributed by atoms with Crippen molar-refractivity contribution in [2.24, 2.45) is 13.0 Å². The maximum Gasteiger partial charge on any atom is 0.253 e. The molecule has 2 heterocycles. The molecule has 0 fully saturated rings. The molecule has 0 saturated carbocycles. The fourth-order valence-electron chi connectivity index (χ4n) is 3.68. The van der Waals surface area contributed by atoms with Crippen LogP contribution in [0.15, 0.2) is 16.9 Å². The molecule has 2 N–H and O–H groups in total. The van der Waals surface area contributed by atoms with Gasteiger partial charge < -0.3 is 10.3 Å². The second-order valence-corrected chi connectivity index (χ2v) is 6.94. The monoisotopic (exact) mass is 342 g/mol. The Hall–Kier alpha value is -2.37. The Morgan fingerprint density at radius 2 is 2.20 bits per heavy atom. The van der Waals surface area contributed by atoms with Gasteiger partial charge in [-0.3, -0.25) is 14.3 Å². The lowest BCUT2D eigenvalue weighted by atomic mass is 9.94. The Morgan fingerprint density at radius 1 is 1.40 bits per heavy atom. The van der Waals surface area contributed by atoms with E-state index in [1.165, 1.54) is 0 Å². The number of hydrogen-bond donors (Lipinski definition) is 2. The zero-order valence-corrected chi connectivity index (χ0v) is 15.2. The van der Waals surface area contributed by atoms with Crippen molar-refractivity contribution in [1.29, 1.82) is 0 Å². The van der Waals surface area contributed by atoms with Gasteiger partial charge in [0.1, 0.15) is 5.65 Å². The summed E-state index contributed by atoms with van der Waals surface area (Å²) in [7, 11) is 1.82. The molecule has 1 aliphatic rings. The van der Waals surface area contributed by atoms with Gasteiger partial charge in [-0.05, 0) is 51.0 Å². The number of aromatic amines is 1. The molecule has 0 bridgehead atoms. The van der Waals surface area contributed by atoms with E-state index >= 15 is 0 Å². The highest BCUT2D eigenvalue weighted by Crippen LogP contribution is 2.21. The average Bonchev–Trinajstić information content (AvgIpc) is 2.87. The average molecular weight is 342 g/mol. The maximum absolute atomic E-state index is 12.4. The summed E-state index contributed by atoms with van der Waals surface area (Å²) in [6.45, 7) is 4.59. The minimum Gasteiger partial charge on any atom is -0.356 e. The van der Waals surface area contributed by atoms with Crippen molar-refractivity contribution in [3.8, 4) is 0 Å². The van der Waals surface area contributed by atoms with Crippen molar-refractivity contribution in [2.75, 3.05) is 6.54 Å². The number of carbonyl (C=O) groups excluding carboxylic acids is 1. The SMILES string of the molecule is Cc1nn(C)c2[nH]c(=O)c(CCC(=O)NCC3CC=CCC3)c(C)c12. The van der Waals surface area contributed by atoms with E-state index in [-0.39, 0.29) is 11.5 Å². The van der Waals surface area contributed by atoms with Gasteiger partial charge in [0.15, 0.2) is 0 Å². The largest absolute Gasteiger partial charge is 0.356 e. The number of fused-ring (bicyclic) bond motifs is 1. The summed E-state index contributed by atoms with van der Waals surface area (Å²) in [5.74, 6) is 0.546. The number of carbonyl (C=O) groups is 1. The molecule has 6 heteroatoms. The number of pyridine rings is 1. The molecule has 2 aromatic heterocycles. The van der Waals surface area contributed by atoms with Gasteiger partial charge in [0.05, 0.1) is 5.69 Å². The van der Waals surface area contributed by atoms with Crippen LogP contribution in [0.25, 0.3) is 11.0 Å². The van der Waals surface area contributed by atoms with Gasteiger partial charge in [-0.25, -0.2) is 0 Å². The Balaban J connectivity index is 1.66. The van der Waals surface area contributed by atoms with E-state index < -0.39 is 0 Å². The quantitative estimate of drug-likeness (QED) is 0.818. The molecule has 0 radical (unpaired) electrons. The van der Waals surface area contributed by atoms with Gasteiger partial charge in [-0.2, -0.15) is 5.10 Å². The van der Waals surface area contributed by atoms with Gasteiger partial charge in [0, 0.05) is 31.0 Å². The van der Waals surface area contributed by atoms with Gasteiger partial charge in [0.25, 0.3) is 5.56 Å². The minimum atomic E-state index is -0.127. The predicted octanol–water partition coefficient (Wildman–Crippen LogP) is 2.28. The molecular formula is C19H26N4O2. The maximum atomic E-state index is 12.4. The van der Waals surface area contributed by atoms with E-state index in [1.54, 1.807) is 4.68 Å². The standard InChI is InChI=1S/C19H26N4O2/c1-12-15(19(25)21-18-17(12)13(2)22-23(18)3)9-10-16(24)20-11-14-7-5-4-6-8-14/h4-5,14H,6-11H2,1-3H3,(H,20,24)(H,21,25). The fourth-order valence-corrected chi connectivity index (χ4v) is 3.68. The summed E-state index contributed by atoms with van der Waals surface area (Å²) in [5, 5.41) is 8.36. The van der Waals surface area contributed by atoms with Crippen LogP contribution in [0.1, 0.15) is 42.5 Å². The number of allylic oxidation sites excluding steroid dienone is 2. The first-order valence-corrected chi connectivity index (χ1v) is 8.94. The van der Waals surface area contributed by atoms with Crippen molar-refractivity contribution < 1.29 is 4.79 Å². The van der Waals surface area contributed by atoms with Gasteiger partial charge >= 0.3 is 0 Å². The Kier molecular flexibility index (Phi) is 5.06. The van der Waals surface area contributed by atoms with E-state index in [4.69, 9.17) is 0 Å². The summed E-state index contributed by atoms with van der Waals surface area (Å²) < 4.78 is 1.69. The lowest BCUT2D eigenvalue weighted by Gasteiger charge is -2.18. The Labute approximate surface area is 147 Å². The van der Waals surface area contributed by atoms with Crippen molar-refractivity contribution >= 4 is 16.9 Å². The first kappa shape index (κ1) is 17.5. The molecule has 25 heavy (non-hydrogen) atoms. The Morgan fingerprint density at radius 3 is 2.92 bits per heavy atom. The second-order valence-electron chi connectivity index (χ2n) is 6.94. The van der Waals surface area contributed by atoms with Gasteiger partial charge in [0.2, 0.25) is 5.91 Å². The van der Waals surface area contributed by atoms with Crippen LogP contribution in [0.5, 0.6) is 0 Å². The molecule has 134 valence electrons. The number of nitrogens with one attached hydrogen (secondary N) is 2. The first-order chi connectivity index (χ1) is 12.0. The number of rotatable bonds is 5. The highest BCUT2D eigenvalue weighted by molar-refractivity contribution is 5.83. The van der Waals surface area contributed by atoms with Crippen LogP contribution < -0.4 is 10.9 Å². The van der Waals surface area contributed by atoms with E-state index in [9.17, 15) is 9.59 Å². The molecular weight excluding hydrogens is 316 g/mol. The molecule has 1 atom stereocenters. The number of hydrogen-bond acceptors (Lipinski definition) is 3. The highest BCUT2D eigenvalue weighted by atomic mass is 16.1. The zero-order valence-electron chi connectivity index (χ0n) is 15.2. The molecule has 3 rings (SSSR count). The van der Waals surface area contributed by atoms with E-state index in [1.807, 2.05) is 20.9 Å². The summed E-state index contributed by atoms with van der Waals surface area (Å²) in [6, 6.07) is 0. The third-order valence-corrected chi connectivity index (χ3v) is 5.12. The Bertz CT molecular complexity index is 876. The summed E-state index contributed by atoms with van der Waals surface area (Å²) in [6.07, 6.45) is 8.43. The number of H-pyrrole nitrogens is 1. The molecule has 0 saturated heterocycles. The highest BCUT2D eigenvalue weighted by Gasteiger charge is 2.16. The van der Waals surface area contributed by atoms with E-state index in [2.05, 4.69) is 27.6 Å².